The average Bonchev–Trinajstić information content (AvgIpc) is 3.46. The highest BCUT2D eigenvalue weighted by molar-refractivity contribution is 6.11. The number of nitrogen functional groups attached to an aromatic ring is 1. The van der Waals surface area contributed by atoms with Gasteiger partial charge in [-0.05, 0) is 71.1 Å². The number of rotatable bonds is 8. The second-order valence-electron chi connectivity index (χ2n) is 12.2. The molecule has 1 heterocycles. The van der Waals surface area contributed by atoms with E-state index in [2.05, 4.69) is 149 Å². The molecule has 0 fully saturated rings. The Kier molecular flexibility index (Phi) is 7.89. The summed E-state index contributed by atoms with van der Waals surface area (Å²) >= 11 is 0. The fourth-order valence-corrected chi connectivity index (χ4v) is 6.70. The number of aliphatic imine (C=N–C) groups is 1. The molecule has 4 nitrogen and oxygen atoms in total. The molecule has 1 unspecified atom stereocenters. The first-order valence-electron chi connectivity index (χ1n) is 16.5. The third-order valence-corrected chi connectivity index (χ3v) is 9.14. The lowest BCUT2D eigenvalue weighted by Crippen LogP contribution is -2.17. The first-order chi connectivity index (χ1) is 23.7. The monoisotopic (exact) mass is 620 g/mol. The highest BCUT2D eigenvalue weighted by Crippen LogP contribution is 2.37. The number of para-hydroxylation sites is 3. The normalized spacial score (nSPS) is 14.5. The molecule has 3 N–H and O–H groups in total. The van der Waals surface area contributed by atoms with Crippen LogP contribution in [0.5, 0.6) is 0 Å². The Bertz CT molecular complexity index is 2330. The first-order valence-corrected chi connectivity index (χ1v) is 16.5. The summed E-state index contributed by atoms with van der Waals surface area (Å²) in [5, 5.41) is 6.22. The van der Waals surface area contributed by atoms with Crippen LogP contribution < -0.4 is 11.1 Å². The molecule has 0 amide bonds. The van der Waals surface area contributed by atoms with Crippen molar-refractivity contribution in [2.45, 2.75) is 19.0 Å². The maximum absolute atomic E-state index is 6.35. The summed E-state index contributed by atoms with van der Waals surface area (Å²) in [4.78, 5) is 5.13. The van der Waals surface area contributed by atoms with Crippen LogP contribution in [0.15, 0.2) is 175 Å². The second kappa shape index (κ2) is 12.9. The molecule has 0 saturated carbocycles. The lowest BCUT2D eigenvalue weighted by atomic mass is 9.95. The van der Waals surface area contributed by atoms with Gasteiger partial charge in [0.05, 0.1) is 23.6 Å². The molecule has 8 rings (SSSR count). The van der Waals surface area contributed by atoms with E-state index in [1.807, 2.05) is 30.3 Å². The quantitative estimate of drug-likeness (QED) is 0.131. The van der Waals surface area contributed by atoms with Crippen molar-refractivity contribution in [3.05, 3.63) is 175 Å². The van der Waals surface area contributed by atoms with Crippen molar-refractivity contribution in [3.8, 4) is 22.3 Å². The van der Waals surface area contributed by atoms with E-state index in [0.29, 0.717) is 12.2 Å². The third-order valence-electron chi connectivity index (χ3n) is 9.14. The highest BCUT2D eigenvalue weighted by Gasteiger charge is 2.17. The van der Waals surface area contributed by atoms with Crippen LogP contribution >= 0.6 is 0 Å². The predicted octanol–water partition coefficient (Wildman–Crippen LogP) is 10.8. The summed E-state index contributed by atoms with van der Waals surface area (Å²) in [6.07, 6.45) is 9.65. The Morgan fingerprint density at radius 2 is 1.38 bits per heavy atom. The van der Waals surface area contributed by atoms with Crippen LogP contribution in [0.3, 0.4) is 0 Å². The molecule has 232 valence electrons. The lowest BCUT2D eigenvalue weighted by molar-refractivity contribution is 0.884. The molecule has 48 heavy (non-hydrogen) atoms. The molecule has 1 aliphatic rings. The summed E-state index contributed by atoms with van der Waals surface area (Å²) in [7, 11) is 0. The molecule has 6 aromatic carbocycles. The Hall–Kier alpha value is -6.13. The van der Waals surface area contributed by atoms with Crippen molar-refractivity contribution in [3.63, 3.8) is 0 Å². The van der Waals surface area contributed by atoms with Gasteiger partial charge in [0.1, 0.15) is 0 Å². The van der Waals surface area contributed by atoms with E-state index < -0.39 is 0 Å². The van der Waals surface area contributed by atoms with E-state index in [1.165, 1.54) is 44.1 Å². The predicted molar refractivity (Wildman–Crippen MR) is 204 cm³/mol. The topological polar surface area (TPSA) is 55.3 Å². The van der Waals surface area contributed by atoms with Gasteiger partial charge in [-0.25, -0.2) is 4.99 Å². The van der Waals surface area contributed by atoms with Crippen LogP contribution in [0.25, 0.3) is 44.1 Å². The number of nitrogens with zero attached hydrogens (tertiary/aromatic N) is 2. The van der Waals surface area contributed by atoms with Gasteiger partial charge in [-0.1, -0.05) is 127 Å². The van der Waals surface area contributed by atoms with Gasteiger partial charge < -0.3 is 15.6 Å². The Morgan fingerprint density at radius 3 is 2.19 bits per heavy atom. The van der Waals surface area contributed by atoms with Gasteiger partial charge in [-0.3, -0.25) is 0 Å². The second-order valence-corrected chi connectivity index (χ2v) is 12.2. The van der Waals surface area contributed by atoms with Crippen molar-refractivity contribution in [1.29, 1.82) is 0 Å². The number of hydrogen-bond acceptors (Lipinski definition) is 3. The number of fused-ring (bicyclic) bond motifs is 3. The summed E-state index contributed by atoms with van der Waals surface area (Å²) < 4.78 is 2.38. The highest BCUT2D eigenvalue weighted by atomic mass is 15.0. The molecular formula is C44H36N4. The minimum atomic E-state index is 0.272. The molecular weight excluding hydrogens is 585 g/mol. The van der Waals surface area contributed by atoms with Gasteiger partial charge in [0.25, 0.3) is 0 Å². The van der Waals surface area contributed by atoms with Crippen LogP contribution in [0, 0.1) is 0 Å². The zero-order chi connectivity index (χ0) is 32.3. The van der Waals surface area contributed by atoms with E-state index in [0.717, 1.165) is 29.1 Å². The zero-order valence-corrected chi connectivity index (χ0v) is 26.6. The molecule has 0 aliphatic heterocycles. The smallest absolute Gasteiger partial charge is 0.0863 e. The van der Waals surface area contributed by atoms with Crippen LogP contribution in [-0.2, 0) is 6.54 Å². The molecule has 1 aliphatic carbocycles. The number of allylic oxidation sites excluding steroid dienone is 2. The number of benzene rings is 6. The van der Waals surface area contributed by atoms with Crippen LogP contribution in [-0.4, -0.2) is 16.3 Å². The molecule has 0 bridgehead atoms. The maximum Gasteiger partial charge on any atom is 0.0863 e. The van der Waals surface area contributed by atoms with Gasteiger partial charge in [0.2, 0.25) is 0 Å². The Morgan fingerprint density at radius 1 is 0.667 bits per heavy atom. The van der Waals surface area contributed by atoms with Gasteiger partial charge in [0, 0.05) is 39.1 Å². The minimum Gasteiger partial charge on any atom is -0.397 e. The van der Waals surface area contributed by atoms with Crippen molar-refractivity contribution >= 4 is 44.6 Å². The summed E-state index contributed by atoms with van der Waals surface area (Å²) in [5.41, 5.74) is 18.1. The van der Waals surface area contributed by atoms with Crippen molar-refractivity contribution in [2.24, 2.45) is 4.99 Å². The molecule has 1 atom stereocenters. The number of nitrogens with one attached hydrogen (secondary N) is 1. The van der Waals surface area contributed by atoms with Gasteiger partial charge >= 0.3 is 0 Å². The molecule has 0 spiro atoms. The first kappa shape index (κ1) is 29.3. The van der Waals surface area contributed by atoms with Crippen molar-refractivity contribution in [1.82, 2.24) is 4.57 Å². The van der Waals surface area contributed by atoms with Crippen molar-refractivity contribution < 1.29 is 0 Å². The van der Waals surface area contributed by atoms with E-state index in [9.17, 15) is 0 Å². The molecule has 0 saturated heterocycles. The maximum atomic E-state index is 6.35. The van der Waals surface area contributed by atoms with Gasteiger partial charge in [-0.2, -0.15) is 0 Å². The minimum absolute atomic E-state index is 0.272. The van der Waals surface area contributed by atoms with Crippen molar-refractivity contribution in [2.75, 3.05) is 11.1 Å². The largest absolute Gasteiger partial charge is 0.397 e. The van der Waals surface area contributed by atoms with Gasteiger partial charge in [0.15, 0.2) is 0 Å². The van der Waals surface area contributed by atoms with Crippen LogP contribution in [0.4, 0.5) is 17.1 Å². The number of nitrogens with two attached hydrogens (primary N) is 1. The molecule has 7 aromatic rings. The van der Waals surface area contributed by atoms with E-state index in [1.54, 1.807) is 0 Å². The molecule has 1 aromatic heterocycles. The Labute approximate surface area is 281 Å². The van der Waals surface area contributed by atoms with Gasteiger partial charge in [-0.15, -0.1) is 0 Å². The van der Waals surface area contributed by atoms with E-state index in [-0.39, 0.29) is 6.04 Å². The lowest BCUT2D eigenvalue weighted by Gasteiger charge is -2.20. The molecule has 4 heteroatoms. The third kappa shape index (κ3) is 5.80. The number of aromatic nitrogens is 1. The summed E-state index contributed by atoms with van der Waals surface area (Å²) in [5.74, 6) is 0. The standard InChI is InChI=1S/C44H36N4/c45-39-21-11-12-22-41(39)47-42(32-16-6-2-7-17-32)30-48-43-23-13-10-20-36(43)38-29-34(25-27-44(38)48)33-24-26-40(46-35-18-8-3-9-19-35)37(28-33)31-14-4-1-5-15-31/h1-18,20-29,35,46H,19,30,45H2/b47-42+. The summed E-state index contributed by atoms with van der Waals surface area (Å²) in [6, 6.07) is 51.4. The van der Waals surface area contributed by atoms with E-state index >= 15 is 0 Å². The molecule has 0 radical (unpaired) electrons. The Balaban J connectivity index is 1.23. The number of hydrogen-bond donors (Lipinski definition) is 2. The average molecular weight is 621 g/mol. The number of anilines is 2. The summed E-state index contributed by atoms with van der Waals surface area (Å²) in [6.45, 7) is 0.602. The SMILES string of the molecule is Nc1ccccc1/N=C(\Cn1c2ccccc2c2cc(-c3ccc(NC4C=CC=CC4)c(-c4ccccc4)c3)ccc21)c1ccccc1. The fourth-order valence-electron chi connectivity index (χ4n) is 6.70. The van der Waals surface area contributed by atoms with Crippen LogP contribution in [0.1, 0.15) is 12.0 Å². The zero-order valence-electron chi connectivity index (χ0n) is 26.6. The fraction of sp³-hybridized carbons (Fsp3) is 0.0682. The van der Waals surface area contributed by atoms with E-state index in [4.69, 9.17) is 10.7 Å². The van der Waals surface area contributed by atoms with Crippen LogP contribution in [0.2, 0.25) is 0 Å².